The fraction of sp³-hybridized carbons (Fsp3) is 0.320. The molecule has 16 heteroatoms. The van der Waals surface area contributed by atoms with Crippen molar-refractivity contribution in [1.29, 1.82) is 0 Å². The van der Waals surface area contributed by atoms with Gasteiger partial charge in [-0.25, -0.2) is 19.4 Å². The molecule has 220 valence electrons. The molecule has 4 amide bonds. The molecule has 0 bridgehead atoms. The van der Waals surface area contributed by atoms with Gasteiger partial charge < -0.3 is 31.3 Å². The van der Waals surface area contributed by atoms with E-state index in [0.29, 0.717) is 5.69 Å². The number of hydrogen-bond acceptors (Lipinski definition) is 8. The molecule has 0 radical (unpaired) electrons. The molecule has 0 saturated carbocycles. The Labute approximate surface area is 231 Å². The Morgan fingerprint density at radius 3 is 2.07 bits per heavy atom. The van der Waals surface area contributed by atoms with Crippen molar-refractivity contribution in [3.05, 3.63) is 59.7 Å². The lowest BCUT2D eigenvalue weighted by molar-refractivity contribution is -0.157. The highest BCUT2D eigenvalue weighted by Crippen LogP contribution is 2.13. The number of anilines is 1. The molecule has 1 aromatic heterocycles. The van der Waals surface area contributed by atoms with Gasteiger partial charge in [0.25, 0.3) is 11.8 Å². The quantitative estimate of drug-likeness (QED) is 0.0694. The van der Waals surface area contributed by atoms with Crippen LogP contribution in [0.1, 0.15) is 52.8 Å². The van der Waals surface area contributed by atoms with E-state index in [1.807, 2.05) is 5.32 Å². The van der Waals surface area contributed by atoms with Gasteiger partial charge >= 0.3 is 23.9 Å². The second-order valence-electron chi connectivity index (χ2n) is 8.62. The smallest absolute Gasteiger partial charge is 0.342 e. The SMILES string of the molecule is O=C(O)CC[C@H](NC(=O)N(O)C(CCCCNC(=O)c1ccc(NC(=O)c2ccc(F)nc2)cc1)C(=O)O)C(=O)O. The first-order chi connectivity index (χ1) is 19.4. The average molecular weight is 578 g/mol. The van der Waals surface area contributed by atoms with Crippen LogP contribution < -0.4 is 16.0 Å². The van der Waals surface area contributed by atoms with Gasteiger partial charge in [0, 0.05) is 30.4 Å². The molecule has 0 fully saturated rings. The first kappa shape index (κ1) is 32.1. The molecule has 0 saturated heterocycles. The molecule has 0 aliphatic carbocycles. The minimum atomic E-state index is -1.73. The van der Waals surface area contributed by atoms with E-state index in [9.17, 15) is 43.5 Å². The summed E-state index contributed by atoms with van der Waals surface area (Å²) in [6, 6.07) is 3.39. The summed E-state index contributed by atoms with van der Waals surface area (Å²) in [4.78, 5) is 73.5. The van der Waals surface area contributed by atoms with Crippen LogP contribution in [0.15, 0.2) is 42.6 Å². The van der Waals surface area contributed by atoms with Gasteiger partial charge in [0.15, 0.2) is 6.04 Å². The van der Waals surface area contributed by atoms with Crippen LogP contribution in [0, 0.1) is 5.95 Å². The number of rotatable bonds is 15. The Morgan fingerprint density at radius 1 is 0.854 bits per heavy atom. The van der Waals surface area contributed by atoms with Gasteiger partial charge in [0.1, 0.15) is 6.04 Å². The summed E-state index contributed by atoms with van der Waals surface area (Å²) in [5, 5.41) is 44.1. The molecule has 0 aliphatic heterocycles. The summed E-state index contributed by atoms with van der Waals surface area (Å²) < 4.78 is 12.9. The topological polar surface area (TPSA) is 236 Å². The highest BCUT2D eigenvalue weighted by Gasteiger charge is 2.31. The van der Waals surface area contributed by atoms with Crippen LogP contribution in [-0.4, -0.2) is 85.0 Å². The van der Waals surface area contributed by atoms with Gasteiger partial charge in [0.2, 0.25) is 5.95 Å². The van der Waals surface area contributed by atoms with E-state index in [1.165, 1.54) is 30.3 Å². The molecule has 1 aromatic carbocycles. The van der Waals surface area contributed by atoms with Crippen LogP contribution in [0.25, 0.3) is 0 Å². The lowest BCUT2D eigenvalue weighted by Crippen LogP contribution is -2.52. The summed E-state index contributed by atoms with van der Waals surface area (Å²) >= 11 is 0. The Bertz CT molecular complexity index is 1260. The molecule has 2 atom stereocenters. The third kappa shape index (κ3) is 10.5. The van der Waals surface area contributed by atoms with E-state index in [1.54, 1.807) is 0 Å². The van der Waals surface area contributed by atoms with E-state index < -0.39 is 66.6 Å². The van der Waals surface area contributed by atoms with Crippen molar-refractivity contribution < 1.29 is 53.7 Å². The number of carboxylic acids is 3. The van der Waals surface area contributed by atoms with Crippen LogP contribution in [-0.2, 0) is 14.4 Å². The highest BCUT2D eigenvalue weighted by molar-refractivity contribution is 6.04. The molecule has 0 spiro atoms. The molecule has 2 rings (SSSR count). The number of hydroxylamine groups is 2. The van der Waals surface area contributed by atoms with Crippen molar-refractivity contribution in [2.45, 2.75) is 44.2 Å². The minimum absolute atomic E-state index is 0.120. The molecule has 0 aliphatic rings. The number of aliphatic carboxylic acids is 3. The zero-order valence-corrected chi connectivity index (χ0v) is 21.4. The maximum atomic E-state index is 12.9. The Balaban J connectivity index is 1.79. The number of urea groups is 1. The van der Waals surface area contributed by atoms with Gasteiger partial charge in [-0.2, -0.15) is 9.45 Å². The molecule has 2 aromatic rings. The number of hydrogen-bond donors (Lipinski definition) is 7. The maximum absolute atomic E-state index is 12.9. The Kier molecular flexibility index (Phi) is 12.1. The first-order valence-corrected chi connectivity index (χ1v) is 12.2. The molecular weight excluding hydrogens is 549 g/mol. The van der Waals surface area contributed by atoms with Gasteiger partial charge in [-0.3, -0.25) is 19.6 Å². The summed E-state index contributed by atoms with van der Waals surface area (Å²) in [6.45, 7) is 0.120. The fourth-order valence-corrected chi connectivity index (χ4v) is 3.42. The predicted molar refractivity (Wildman–Crippen MR) is 137 cm³/mol. The standard InChI is InChI=1S/C25H28FN5O10/c26-19-10-6-15(13-28-19)22(35)29-16-7-4-14(5-8-16)21(34)27-12-2-1-3-18(24(38)39)31(41)25(40)30-17(23(36)37)9-11-20(32)33/h4-8,10,13,17-18,41H,1-3,9,11-12H2,(H,27,34)(H,29,35)(H,30,40)(H,32,33)(H,36,37)(H,38,39)/t17-,18?/m0/s1. The summed E-state index contributed by atoms with van der Waals surface area (Å²) in [5.74, 6) is -6.12. The number of carbonyl (C=O) groups excluding carboxylic acids is 3. The zero-order chi connectivity index (χ0) is 30.5. The third-order valence-corrected chi connectivity index (χ3v) is 5.62. The molecule has 41 heavy (non-hydrogen) atoms. The van der Waals surface area contributed by atoms with Gasteiger partial charge in [0.05, 0.1) is 5.56 Å². The van der Waals surface area contributed by atoms with Crippen LogP contribution in [0.4, 0.5) is 14.9 Å². The molecular formula is C25H28FN5O10. The second kappa shape index (κ2) is 15.5. The Morgan fingerprint density at radius 2 is 1.51 bits per heavy atom. The number of carbonyl (C=O) groups is 6. The van der Waals surface area contributed by atoms with Crippen LogP contribution >= 0.6 is 0 Å². The number of unbranched alkanes of at least 4 members (excludes halogenated alkanes) is 1. The average Bonchev–Trinajstić information content (AvgIpc) is 2.92. The van der Waals surface area contributed by atoms with Crippen molar-refractivity contribution in [1.82, 2.24) is 20.7 Å². The number of aromatic nitrogens is 1. The molecule has 7 N–H and O–H groups in total. The van der Waals surface area contributed by atoms with Crippen molar-refractivity contribution in [2.75, 3.05) is 11.9 Å². The summed E-state index contributed by atoms with van der Waals surface area (Å²) in [6.07, 6.45) is 0.199. The van der Waals surface area contributed by atoms with Crippen molar-refractivity contribution >= 4 is 41.4 Å². The van der Waals surface area contributed by atoms with Crippen LogP contribution in [0.2, 0.25) is 0 Å². The van der Waals surface area contributed by atoms with E-state index in [2.05, 4.69) is 15.6 Å². The van der Waals surface area contributed by atoms with Crippen molar-refractivity contribution in [3.63, 3.8) is 0 Å². The van der Waals surface area contributed by atoms with E-state index in [0.717, 1.165) is 12.3 Å². The summed E-state index contributed by atoms with van der Waals surface area (Å²) in [7, 11) is 0. The molecule has 1 unspecified atom stereocenters. The number of amides is 4. The third-order valence-electron chi connectivity index (χ3n) is 5.62. The monoisotopic (exact) mass is 577 g/mol. The lowest BCUT2D eigenvalue weighted by Gasteiger charge is -2.24. The van der Waals surface area contributed by atoms with Crippen LogP contribution in [0.5, 0.6) is 0 Å². The van der Waals surface area contributed by atoms with E-state index in [4.69, 9.17) is 10.2 Å². The number of carboxylic acid groups (broad SMARTS) is 3. The Hall–Kier alpha value is -5.12. The van der Waals surface area contributed by atoms with Crippen LogP contribution in [0.3, 0.4) is 0 Å². The number of pyridine rings is 1. The predicted octanol–water partition coefficient (Wildman–Crippen LogP) is 1.55. The fourth-order valence-electron chi connectivity index (χ4n) is 3.42. The zero-order valence-electron chi connectivity index (χ0n) is 21.4. The number of nitrogens with zero attached hydrogens (tertiary/aromatic N) is 2. The van der Waals surface area contributed by atoms with Crippen molar-refractivity contribution in [2.24, 2.45) is 0 Å². The highest BCUT2D eigenvalue weighted by atomic mass is 19.1. The first-order valence-electron chi connectivity index (χ1n) is 12.2. The number of nitrogens with one attached hydrogen (secondary N) is 3. The largest absolute Gasteiger partial charge is 0.481 e. The van der Waals surface area contributed by atoms with E-state index in [-0.39, 0.29) is 42.0 Å². The second-order valence-corrected chi connectivity index (χ2v) is 8.62. The van der Waals surface area contributed by atoms with Crippen molar-refractivity contribution in [3.8, 4) is 0 Å². The van der Waals surface area contributed by atoms with Gasteiger partial charge in [-0.15, -0.1) is 0 Å². The normalized spacial score (nSPS) is 12.0. The summed E-state index contributed by atoms with van der Waals surface area (Å²) in [5.41, 5.74) is 0.789. The molecule has 1 heterocycles. The maximum Gasteiger partial charge on any atom is 0.342 e. The lowest BCUT2D eigenvalue weighted by atomic mass is 10.1. The molecule has 15 nitrogen and oxygen atoms in total. The van der Waals surface area contributed by atoms with Gasteiger partial charge in [-0.05, 0) is 62.1 Å². The minimum Gasteiger partial charge on any atom is -0.481 e. The van der Waals surface area contributed by atoms with Gasteiger partial charge in [-0.1, -0.05) is 0 Å². The number of halogens is 1. The van der Waals surface area contributed by atoms with E-state index >= 15 is 0 Å². The number of benzene rings is 1.